The minimum absolute atomic E-state index is 0.187. The third kappa shape index (κ3) is 5.62. The zero-order valence-corrected chi connectivity index (χ0v) is 25.5. The van der Waals surface area contributed by atoms with Gasteiger partial charge in [-0.05, 0) is 68.9 Å². The summed E-state index contributed by atoms with van der Waals surface area (Å²) in [5, 5.41) is 15.8. The van der Waals surface area contributed by atoms with Gasteiger partial charge in [-0.15, -0.1) is 0 Å². The smallest absolute Gasteiger partial charge is 0.327 e. The summed E-state index contributed by atoms with van der Waals surface area (Å²) in [6.45, 7) is 2.81. The highest BCUT2D eigenvalue weighted by atomic mass is 32.2. The monoisotopic (exact) mass is 620 g/mol. The second-order valence-electron chi connectivity index (χ2n) is 11.8. The van der Waals surface area contributed by atoms with Gasteiger partial charge in [-0.2, -0.15) is 5.26 Å². The minimum Gasteiger partial charge on any atom is -0.457 e. The average molecular weight is 621 g/mol. The van der Waals surface area contributed by atoms with Gasteiger partial charge in [0.1, 0.15) is 33.4 Å². The van der Waals surface area contributed by atoms with E-state index in [1.165, 1.54) is 11.8 Å². The molecule has 3 atom stereocenters. The van der Waals surface area contributed by atoms with E-state index in [9.17, 15) is 19.6 Å². The summed E-state index contributed by atoms with van der Waals surface area (Å²) in [6.07, 6.45) is 6.92. The molecule has 3 aliphatic heterocycles. The second-order valence-corrected chi connectivity index (χ2v) is 12.9. The molecule has 1 aliphatic carbocycles. The van der Waals surface area contributed by atoms with Crippen molar-refractivity contribution >= 4 is 41.0 Å². The lowest BCUT2D eigenvalue weighted by atomic mass is 9.98. The number of ether oxygens (including phenoxy) is 1. The van der Waals surface area contributed by atoms with Crippen molar-refractivity contribution in [2.45, 2.75) is 55.0 Å². The molecule has 4 amide bonds. The fourth-order valence-electron chi connectivity index (χ4n) is 6.22. The van der Waals surface area contributed by atoms with Crippen LogP contribution in [0.2, 0.25) is 0 Å². The Hall–Kier alpha value is -4.82. The quantitative estimate of drug-likeness (QED) is 0.263. The van der Waals surface area contributed by atoms with Crippen LogP contribution in [0, 0.1) is 24.2 Å². The van der Waals surface area contributed by atoms with Crippen LogP contribution < -0.4 is 20.3 Å². The summed E-state index contributed by atoms with van der Waals surface area (Å²) < 4.78 is 6.13. The number of likely N-dealkylation sites (tertiary alicyclic amines) is 1. The highest BCUT2D eigenvalue weighted by Crippen LogP contribution is 2.51. The number of carbonyl (C=O) groups excluding carboxylic acids is 3. The Morgan fingerprint density at radius 2 is 1.93 bits per heavy atom. The lowest BCUT2D eigenvalue weighted by molar-refractivity contribution is -0.129. The van der Waals surface area contributed by atoms with Crippen molar-refractivity contribution in [2.75, 3.05) is 18.0 Å². The molecule has 0 radical (unpaired) electrons. The topological polar surface area (TPSA) is 128 Å². The van der Waals surface area contributed by atoms with E-state index >= 15 is 0 Å². The number of nitrogens with one attached hydrogen (secondary N) is 2. The fourth-order valence-corrected chi connectivity index (χ4v) is 7.46. The van der Waals surface area contributed by atoms with Crippen molar-refractivity contribution in [1.29, 1.82) is 5.26 Å². The van der Waals surface area contributed by atoms with Gasteiger partial charge in [-0.1, -0.05) is 42.1 Å². The van der Waals surface area contributed by atoms with Gasteiger partial charge in [-0.25, -0.2) is 9.78 Å². The Kier molecular flexibility index (Phi) is 7.67. The molecule has 1 aromatic heterocycles. The highest BCUT2D eigenvalue weighted by molar-refractivity contribution is 8.01. The van der Waals surface area contributed by atoms with Gasteiger partial charge >= 0.3 is 6.03 Å². The Morgan fingerprint density at radius 3 is 2.71 bits per heavy atom. The van der Waals surface area contributed by atoms with E-state index in [2.05, 4.69) is 21.7 Å². The summed E-state index contributed by atoms with van der Waals surface area (Å²) in [6, 6.07) is 17.8. The maximum absolute atomic E-state index is 13.8. The van der Waals surface area contributed by atoms with Gasteiger partial charge in [0.05, 0.1) is 17.4 Å². The van der Waals surface area contributed by atoms with Gasteiger partial charge in [-0.3, -0.25) is 14.5 Å². The number of hydrogen-bond acceptors (Lipinski definition) is 7. The molecule has 2 aromatic carbocycles. The number of para-hydroxylation sites is 1. The van der Waals surface area contributed by atoms with E-state index in [1.807, 2.05) is 61.5 Å². The van der Waals surface area contributed by atoms with Crippen LogP contribution in [0.1, 0.15) is 42.9 Å². The van der Waals surface area contributed by atoms with Crippen LogP contribution in [-0.4, -0.2) is 52.1 Å². The van der Waals surface area contributed by atoms with E-state index < -0.39 is 11.3 Å². The number of thioether (sulfide) groups is 1. The average Bonchev–Trinajstić information content (AvgIpc) is 3.80. The first-order valence-electron chi connectivity index (χ1n) is 15.2. The van der Waals surface area contributed by atoms with Crippen LogP contribution in [0.5, 0.6) is 11.5 Å². The van der Waals surface area contributed by atoms with Gasteiger partial charge in [0.15, 0.2) is 0 Å². The van der Waals surface area contributed by atoms with Gasteiger partial charge in [0.25, 0.3) is 5.91 Å². The number of allylic oxidation sites excluding steroid dienone is 1. The van der Waals surface area contributed by atoms with Gasteiger partial charge < -0.3 is 20.3 Å². The Balaban J connectivity index is 1.09. The Bertz CT molecular complexity index is 1750. The van der Waals surface area contributed by atoms with E-state index in [4.69, 9.17) is 4.74 Å². The summed E-state index contributed by atoms with van der Waals surface area (Å²) in [7, 11) is 0. The molecule has 10 nitrogen and oxygen atoms in total. The van der Waals surface area contributed by atoms with Crippen molar-refractivity contribution in [3.8, 4) is 17.6 Å². The maximum Gasteiger partial charge on any atom is 0.327 e. The van der Waals surface area contributed by atoms with E-state index in [0.29, 0.717) is 46.9 Å². The number of benzene rings is 2. The number of aromatic nitrogens is 1. The van der Waals surface area contributed by atoms with Crippen LogP contribution in [0.25, 0.3) is 0 Å². The van der Waals surface area contributed by atoms with Gasteiger partial charge in [0, 0.05) is 36.5 Å². The Morgan fingerprint density at radius 1 is 1.11 bits per heavy atom. The summed E-state index contributed by atoms with van der Waals surface area (Å²) in [5.74, 6) is 1.16. The predicted octanol–water partition coefficient (Wildman–Crippen LogP) is 5.53. The lowest BCUT2D eigenvalue weighted by Crippen LogP contribution is -2.54. The number of rotatable bonds is 7. The Labute approximate surface area is 265 Å². The van der Waals surface area contributed by atoms with Crippen LogP contribution in [-0.2, 0) is 9.59 Å². The third-order valence-electron chi connectivity index (χ3n) is 8.66. The normalized spacial score (nSPS) is 22.3. The predicted molar refractivity (Wildman–Crippen MR) is 169 cm³/mol. The van der Waals surface area contributed by atoms with Crippen molar-refractivity contribution in [3.63, 3.8) is 0 Å². The molecule has 4 heterocycles. The van der Waals surface area contributed by atoms with Crippen LogP contribution in [0.4, 0.5) is 16.2 Å². The van der Waals surface area contributed by atoms with Crippen molar-refractivity contribution in [3.05, 3.63) is 83.6 Å². The standard InChI is InChI=1S/C34H32N6O4S/c1-20-25(10-5-11-27(20)44-24-8-3-2-4-9-24)40-26-14-15-36-32-28(26)29(38-34(40)43)30(45-32)31(41)37-23-7-6-16-39(19-23)33(42)22(18-35)17-21-12-13-21/h2-5,8-11,14-15,17,21,23,29-30H,6-7,12-13,16,19H2,1H3,(H,37,41)(H,38,43)/b22-17+/t23?,29?,30-/m0/s1. The molecule has 0 bridgehead atoms. The number of carbonyl (C=O) groups is 3. The first-order valence-corrected chi connectivity index (χ1v) is 16.1. The van der Waals surface area contributed by atoms with Crippen molar-refractivity contribution < 1.29 is 19.1 Å². The van der Waals surface area contributed by atoms with Crippen LogP contribution in [0.3, 0.4) is 0 Å². The number of hydrogen-bond donors (Lipinski definition) is 2. The largest absolute Gasteiger partial charge is 0.457 e. The second kappa shape index (κ2) is 11.9. The number of urea groups is 1. The van der Waals surface area contributed by atoms with Crippen LogP contribution >= 0.6 is 11.8 Å². The van der Waals surface area contributed by atoms with E-state index in [1.54, 1.807) is 22.1 Å². The fraction of sp³-hybridized carbons (Fsp3) is 0.324. The summed E-state index contributed by atoms with van der Waals surface area (Å²) in [4.78, 5) is 48.4. The van der Waals surface area contributed by atoms with E-state index in [-0.39, 0.29) is 29.5 Å². The zero-order chi connectivity index (χ0) is 31.1. The number of nitriles is 1. The first kappa shape index (κ1) is 28.9. The molecule has 1 saturated heterocycles. The third-order valence-corrected chi connectivity index (χ3v) is 9.95. The van der Waals surface area contributed by atoms with E-state index in [0.717, 1.165) is 36.8 Å². The first-order chi connectivity index (χ1) is 21.9. The van der Waals surface area contributed by atoms with Crippen molar-refractivity contribution in [1.82, 2.24) is 20.5 Å². The number of anilines is 2. The minimum atomic E-state index is -0.621. The van der Waals surface area contributed by atoms with Gasteiger partial charge in [0.2, 0.25) is 5.91 Å². The molecule has 0 spiro atoms. The molecule has 45 heavy (non-hydrogen) atoms. The molecular formula is C34H32N6O4S. The summed E-state index contributed by atoms with van der Waals surface area (Å²) >= 11 is 1.34. The number of amides is 4. The van der Waals surface area contributed by atoms with Crippen molar-refractivity contribution in [2.24, 2.45) is 5.92 Å². The number of pyridine rings is 1. The maximum atomic E-state index is 13.8. The zero-order valence-electron chi connectivity index (χ0n) is 24.7. The molecule has 7 rings (SSSR count). The molecule has 4 aliphatic rings. The molecule has 2 N–H and O–H groups in total. The summed E-state index contributed by atoms with van der Waals surface area (Å²) in [5.41, 5.74) is 3.14. The van der Waals surface area contributed by atoms with Crippen LogP contribution in [0.15, 0.2) is 77.5 Å². The molecule has 3 aromatic rings. The molecule has 228 valence electrons. The molecule has 2 fully saturated rings. The number of piperidine rings is 1. The molecular weight excluding hydrogens is 588 g/mol. The SMILES string of the molecule is Cc1c(Oc2ccccc2)cccc1N1C(=O)NC2c3c1ccnc3S[C@@H]2C(=O)NC1CCCN(C(=O)/C(C#N)=C/C2CC2)C1. The lowest BCUT2D eigenvalue weighted by Gasteiger charge is -2.36. The highest BCUT2D eigenvalue weighted by Gasteiger charge is 2.47. The molecule has 1 saturated carbocycles. The number of nitrogens with zero attached hydrogens (tertiary/aromatic N) is 4. The molecule has 11 heteroatoms. The molecule has 2 unspecified atom stereocenters.